The number of hydrogen-bond acceptors (Lipinski definition) is 3. The molecule has 0 bridgehead atoms. The van der Waals surface area contributed by atoms with Gasteiger partial charge in [-0.3, -0.25) is 9.97 Å². The first kappa shape index (κ1) is 36.0. The molecule has 3 aromatic heterocycles. The van der Waals surface area contributed by atoms with Gasteiger partial charge in [-0.2, -0.15) is 0 Å². The van der Waals surface area contributed by atoms with Crippen molar-refractivity contribution in [2.45, 2.75) is 27.7 Å². The van der Waals surface area contributed by atoms with E-state index in [9.17, 15) is 0 Å². The molecule has 0 aliphatic heterocycles. The maximum absolute atomic E-state index is 6.09. The summed E-state index contributed by atoms with van der Waals surface area (Å²) in [5.74, 6) is 0. The number of para-hydroxylation sites is 1. The van der Waals surface area contributed by atoms with Gasteiger partial charge in [0.05, 0.1) is 11.4 Å². The van der Waals surface area contributed by atoms with Gasteiger partial charge in [0.1, 0.15) is 11.2 Å². The van der Waals surface area contributed by atoms with Crippen molar-refractivity contribution in [2.75, 3.05) is 0 Å². The Morgan fingerprint density at radius 2 is 0.847 bits per heavy atom. The molecule has 0 fully saturated rings. The molecule has 3 heterocycles. The Labute approximate surface area is 345 Å². The van der Waals surface area contributed by atoms with E-state index in [1.807, 2.05) is 24.4 Å². The molecule has 3 heteroatoms. The molecular weight excluding hydrogens is 717 g/mol. The van der Waals surface area contributed by atoms with Gasteiger partial charge in [0, 0.05) is 45.4 Å². The molecular formula is C56H42N2O. The summed E-state index contributed by atoms with van der Waals surface area (Å²) < 4.78 is 6.09. The molecule has 0 spiro atoms. The highest BCUT2D eigenvalue weighted by molar-refractivity contribution is 6.06. The second-order valence-corrected chi connectivity index (χ2v) is 15.4. The third kappa shape index (κ3) is 6.32. The maximum atomic E-state index is 6.09. The lowest BCUT2D eigenvalue weighted by Gasteiger charge is -2.24. The Kier molecular flexibility index (Phi) is 9.07. The number of fused-ring (bicyclic) bond motifs is 3. The van der Waals surface area contributed by atoms with Gasteiger partial charge in [-0.15, -0.1) is 0 Å². The van der Waals surface area contributed by atoms with Crippen molar-refractivity contribution in [1.29, 1.82) is 0 Å². The van der Waals surface area contributed by atoms with Crippen LogP contribution in [0.4, 0.5) is 0 Å². The van der Waals surface area contributed by atoms with Gasteiger partial charge in [-0.25, -0.2) is 0 Å². The summed E-state index contributed by atoms with van der Waals surface area (Å²) in [5.41, 5.74) is 22.8. The second-order valence-electron chi connectivity index (χ2n) is 15.4. The first-order chi connectivity index (χ1) is 28.9. The zero-order valence-electron chi connectivity index (χ0n) is 33.6. The molecule has 282 valence electrons. The van der Waals surface area contributed by atoms with Crippen LogP contribution in [0.25, 0.3) is 100 Å². The van der Waals surface area contributed by atoms with Gasteiger partial charge in [-0.1, -0.05) is 133 Å². The van der Waals surface area contributed by atoms with E-state index in [2.05, 4.69) is 186 Å². The van der Waals surface area contributed by atoms with Gasteiger partial charge in [-0.05, 0) is 131 Å². The average Bonchev–Trinajstić information content (AvgIpc) is 3.67. The Hall–Kier alpha value is -7.36. The smallest absolute Gasteiger partial charge is 0.135 e. The minimum Gasteiger partial charge on any atom is -0.456 e. The number of hydrogen-bond donors (Lipinski definition) is 0. The largest absolute Gasteiger partial charge is 0.456 e. The molecule has 0 saturated carbocycles. The fourth-order valence-electron chi connectivity index (χ4n) is 8.91. The van der Waals surface area contributed by atoms with Crippen LogP contribution in [-0.4, -0.2) is 9.97 Å². The third-order valence-electron chi connectivity index (χ3n) is 12.1. The summed E-state index contributed by atoms with van der Waals surface area (Å²) >= 11 is 0. The summed E-state index contributed by atoms with van der Waals surface area (Å²) in [6, 6.07) is 59.8. The van der Waals surface area contributed by atoms with E-state index in [4.69, 9.17) is 14.4 Å². The first-order valence-electron chi connectivity index (χ1n) is 20.2. The number of aromatic nitrogens is 2. The highest BCUT2D eigenvalue weighted by atomic mass is 16.3. The average molecular weight is 759 g/mol. The van der Waals surface area contributed by atoms with Gasteiger partial charge in [0.25, 0.3) is 0 Å². The summed E-state index contributed by atoms with van der Waals surface area (Å²) in [6.45, 7) is 9.13. The van der Waals surface area contributed by atoms with Gasteiger partial charge in [0.15, 0.2) is 0 Å². The molecule has 0 N–H and O–H groups in total. The van der Waals surface area contributed by atoms with E-state index in [-0.39, 0.29) is 0 Å². The van der Waals surface area contributed by atoms with E-state index in [1.165, 1.54) is 55.6 Å². The Bertz CT molecular complexity index is 3150. The number of furan rings is 1. The third-order valence-corrected chi connectivity index (χ3v) is 12.1. The molecule has 10 rings (SSSR count). The van der Waals surface area contributed by atoms with Gasteiger partial charge < -0.3 is 4.42 Å². The van der Waals surface area contributed by atoms with Crippen molar-refractivity contribution in [3.63, 3.8) is 0 Å². The van der Waals surface area contributed by atoms with Crippen LogP contribution in [-0.2, 0) is 0 Å². The van der Waals surface area contributed by atoms with Crippen molar-refractivity contribution in [1.82, 2.24) is 9.97 Å². The molecule has 0 aliphatic carbocycles. The van der Waals surface area contributed by atoms with Crippen LogP contribution < -0.4 is 0 Å². The molecule has 0 unspecified atom stereocenters. The molecule has 0 aliphatic rings. The SMILES string of the molecule is Cc1c(C)c(-c2ccccc2-c2cnc(-c3ccccc3)cc2-c2ccccc2)c(C)c(C)c1-c1ccccc1-c1ccc(-c2ccc3oc4ccccc4c3c2)nc1. The van der Waals surface area contributed by atoms with Crippen molar-refractivity contribution >= 4 is 21.9 Å². The first-order valence-corrected chi connectivity index (χ1v) is 20.2. The Morgan fingerprint density at radius 1 is 0.322 bits per heavy atom. The second kappa shape index (κ2) is 14.9. The zero-order chi connectivity index (χ0) is 40.0. The fourth-order valence-corrected chi connectivity index (χ4v) is 8.91. The quantitative estimate of drug-likeness (QED) is 0.162. The maximum Gasteiger partial charge on any atom is 0.135 e. The molecule has 0 amide bonds. The summed E-state index contributed by atoms with van der Waals surface area (Å²) in [7, 11) is 0. The molecule has 3 nitrogen and oxygen atoms in total. The minimum absolute atomic E-state index is 0.887. The predicted molar refractivity (Wildman–Crippen MR) is 246 cm³/mol. The number of benzene rings is 7. The highest BCUT2D eigenvalue weighted by Crippen LogP contribution is 2.46. The molecule has 59 heavy (non-hydrogen) atoms. The van der Waals surface area contributed by atoms with Crippen LogP contribution in [0.15, 0.2) is 187 Å². The lowest BCUT2D eigenvalue weighted by atomic mass is 9.80. The normalized spacial score (nSPS) is 11.4. The molecule has 7 aromatic carbocycles. The number of rotatable bonds is 7. The van der Waals surface area contributed by atoms with E-state index in [0.29, 0.717) is 0 Å². The van der Waals surface area contributed by atoms with E-state index < -0.39 is 0 Å². The molecule has 0 radical (unpaired) electrons. The summed E-state index contributed by atoms with van der Waals surface area (Å²) in [5, 5.41) is 2.22. The van der Waals surface area contributed by atoms with E-state index in [0.717, 1.165) is 66.7 Å². The van der Waals surface area contributed by atoms with Crippen LogP contribution in [0.3, 0.4) is 0 Å². The lowest BCUT2D eigenvalue weighted by molar-refractivity contribution is 0.669. The van der Waals surface area contributed by atoms with E-state index in [1.54, 1.807) is 0 Å². The van der Waals surface area contributed by atoms with Crippen molar-refractivity contribution in [2.24, 2.45) is 0 Å². The van der Waals surface area contributed by atoms with Crippen molar-refractivity contribution < 1.29 is 4.42 Å². The van der Waals surface area contributed by atoms with Gasteiger partial charge >= 0.3 is 0 Å². The van der Waals surface area contributed by atoms with Crippen LogP contribution in [0.5, 0.6) is 0 Å². The summed E-state index contributed by atoms with van der Waals surface area (Å²) in [4.78, 5) is 10.1. The lowest BCUT2D eigenvalue weighted by Crippen LogP contribution is -2.02. The fraction of sp³-hybridized carbons (Fsp3) is 0.0714. The molecule has 0 atom stereocenters. The standard InChI is InChI=1S/C56H42N2O/c1-35-37(3)56(47-25-14-12-22-44(47)50-34-58-52(40-19-9-6-10-20-40)32-48(50)39-17-7-5-8-18-39)38(4)36(2)55(35)46-24-13-11-21-43(46)42-27-29-51(57-33-42)41-28-30-54-49(31-41)45-23-15-16-26-53(45)59-54/h5-34H,1-4H3. The van der Waals surface area contributed by atoms with E-state index >= 15 is 0 Å². The number of nitrogens with zero attached hydrogens (tertiary/aromatic N) is 2. The predicted octanol–water partition coefficient (Wildman–Crippen LogP) is 15.3. The summed E-state index contributed by atoms with van der Waals surface area (Å²) in [6.07, 6.45) is 4.08. The molecule has 0 saturated heterocycles. The van der Waals surface area contributed by atoms with Crippen molar-refractivity contribution in [3.05, 3.63) is 205 Å². The van der Waals surface area contributed by atoms with Crippen LogP contribution in [0.1, 0.15) is 22.3 Å². The van der Waals surface area contributed by atoms with Crippen LogP contribution >= 0.6 is 0 Å². The number of pyridine rings is 2. The van der Waals surface area contributed by atoms with Crippen LogP contribution in [0, 0.1) is 27.7 Å². The van der Waals surface area contributed by atoms with Gasteiger partial charge in [0.2, 0.25) is 0 Å². The van der Waals surface area contributed by atoms with Crippen LogP contribution in [0.2, 0.25) is 0 Å². The Morgan fingerprint density at radius 3 is 1.51 bits per heavy atom. The zero-order valence-corrected chi connectivity index (χ0v) is 33.6. The Balaban J connectivity index is 1.06. The topological polar surface area (TPSA) is 38.9 Å². The minimum atomic E-state index is 0.887. The van der Waals surface area contributed by atoms with Crippen molar-refractivity contribution in [3.8, 4) is 78.1 Å². The monoisotopic (exact) mass is 758 g/mol. The molecule has 10 aromatic rings. The highest BCUT2D eigenvalue weighted by Gasteiger charge is 2.23.